The van der Waals surface area contributed by atoms with E-state index in [4.69, 9.17) is 10.5 Å². The summed E-state index contributed by atoms with van der Waals surface area (Å²) in [5.74, 6) is 0. The maximum atomic E-state index is 5.62. The molecule has 2 heterocycles. The van der Waals surface area contributed by atoms with E-state index in [0.717, 1.165) is 13.0 Å². The van der Waals surface area contributed by atoms with E-state index in [0.29, 0.717) is 5.41 Å². The lowest BCUT2D eigenvalue weighted by atomic mass is 9.79. The van der Waals surface area contributed by atoms with Crippen molar-refractivity contribution in [2.75, 3.05) is 26.7 Å². The highest BCUT2D eigenvalue weighted by molar-refractivity contribution is 4.97. The molecule has 3 nitrogen and oxygen atoms in total. The highest BCUT2D eigenvalue weighted by Gasteiger charge is 2.46. The molecule has 0 aromatic carbocycles. The van der Waals surface area contributed by atoms with Gasteiger partial charge in [0, 0.05) is 18.5 Å². The third-order valence-corrected chi connectivity index (χ3v) is 2.45. The van der Waals surface area contributed by atoms with E-state index in [1.165, 1.54) is 13.1 Å². The van der Waals surface area contributed by atoms with Gasteiger partial charge in [0.15, 0.2) is 0 Å². The topological polar surface area (TPSA) is 38.5 Å². The van der Waals surface area contributed by atoms with Gasteiger partial charge in [-0.1, -0.05) is 0 Å². The molecular formula is C7H14N2O. The van der Waals surface area contributed by atoms with E-state index < -0.39 is 0 Å². The summed E-state index contributed by atoms with van der Waals surface area (Å²) in [7, 11) is 2.13. The Hall–Kier alpha value is -0.120. The lowest BCUT2D eigenvalue weighted by molar-refractivity contribution is 0.00926. The van der Waals surface area contributed by atoms with Crippen LogP contribution in [0.2, 0.25) is 0 Å². The van der Waals surface area contributed by atoms with E-state index in [1.54, 1.807) is 0 Å². The van der Waals surface area contributed by atoms with Crippen LogP contribution in [0.1, 0.15) is 6.42 Å². The van der Waals surface area contributed by atoms with Crippen molar-refractivity contribution in [3.8, 4) is 0 Å². The van der Waals surface area contributed by atoms with Gasteiger partial charge in [-0.3, -0.25) is 0 Å². The second-order valence-electron chi connectivity index (χ2n) is 3.73. The molecule has 2 aliphatic heterocycles. The number of hydrogen-bond donors (Lipinski definition) is 1. The van der Waals surface area contributed by atoms with E-state index >= 15 is 0 Å². The Morgan fingerprint density at radius 3 is 2.70 bits per heavy atom. The summed E-state index contributed by atoms with van der Waals surface area (Å²) in [6.07, 6.45) is 1.06. The van der Waals surface area contributed by atoms with Gasteiger partial charge in [-0.05, 0) is 13.5 Å². The maximum absolute atomic E-state index is 5.62. The number of likely N-dealkylation sites (tertiary alicyclic amines) is 1. The second kappa shape index (κ2) is 1.94. The molecule has 0 saturated carbocycles. The highest BCUT2D eigenvalue weighted by Crippen LogP contribution is 2.38. The van der Waals surface area contributed by atoms with E-state index in [-0.39, 0.29) is 6.23 Å². The van der Waals surface area contributed by atoms with E-state index in [2.05, 4.69) is 11.9 Å². The van der Waals surface area contributed by atoms with Crippen molar-refractivity contribution in [1.29, 1.82) is 0 Å². The molecule has 58 valence electrons. The average molecular weight is 142 g/mol. The Labute approximate surface area is 61.1 Å². The molecule has 0 bridgehead atoms. The lowest BCUT2D eigenvalue weighted by Crippen LogP contribution is -2.54. The molecular weight excluding hydrogens is 128 g/mol. The molecule has 2 fully saturated rings. The molecule has 0 radical (unpaired) electrons. The summed E-state index contributed by atoms with van der Waals surface area (Å²) in [6, 6.07) is 0. The predicted octanol–water partition coefficient (Wildman–Crippen LogP) is -0.377. The van der Waals surface area contributed by atoms with Gasteiger partial charge in [0.05, 0.1) is 6.61 Å². The third-order valence-electron chi connectivity index (χ3n) is 2.45. The van der Waals surface area contributed by atoms with Gasteiger partial charge in [-0.25, -0.2) is 0 Å². The van der Waals surface area contributed by atoms with Crippen molar-refractivity contribution in [2.45, 2.75) is 12.6 Å². The first-order valence-corrected chi connectivity index (χ1v) is 3.76. The third kappa shape index (κ3) is 0.856. The van der Waals surface area contributed by atoms with Gasteiger partial charge >= 0.3 is 0 Å². The first-order chi connectivity index (χ1) is 4.70. The summed E-state index contributed by atoms with van der Waals surface area (Å²) in [5, 5.41) is 0. The van der Waals surface area contributed by atoms with Crippen LogP contribution < -0.4 is 5.73 Å². The van der Waals surface area contributed by atoms with Crippen LogP contribution in [-0.2, 0) is 4.74 Å². The van der Waals surface area contributed by atoms with Gasteiger partial charge < -0.3 is 15.4 Å². The summed E-state index contributed by atoms with van der Waals surface area (Å²) in [5.41, 5.74) is 6.06. The van der Waals surface area contributed by atoms with Crippen LogP contribution in [0, 0.1) is 5.41 Å². The van der Waals surface area contributed by atoms with E-state index in [1.807, 2.05) is 0 Å². The van der Waals surface area contributed by atoms with Gasteiger partial charge in [0.25, 0.3) is 0 Å². The zero-order valence-electron chi connectivity index (χ0n) is 6.34. The Bertz CT molecular complexity index is 137. The van der Waals surface area contributed by atoms with Crippen molar-refractivity contribution in [3.63, 3.8) is 0 Å². The van der Waals surface area contributed by atoms with Gasteiger partial charge in [0.2, 0.25) is 0 Å². The number of nitrogens with two attached hydrogens (primary N) is 1. The second-order valence-corrected chi connectivity index (χ2v) is 3.73. The Morgan fingerprint density at radius 1 is 1.60 bits per heavy atom. The zero-order valence-corrected chi connectivity index (χ0v) is 6.34. The maximum Gasteiger partial charge on any atom is 0.106 e. The smallest absolute Gasteiger partial charge is 0.106 e. The summed E-state index contributed by atoms with van der Waals surface area (Å²) < 4.78 is 5.31. The Morgan fingerprint density at radius 2 is 2.30 bits per heavy atom. The van der Waals surface area contributed by atoms with Crippen molar-refractivity contribution < 1.29 is 4.74 Å². The highest BCUT2D eigenvalue weighted by atomic mass is 16.5. The fourth-order valence-corrected chi connectivity index (χ4v) is 2.15. The average Bonchev–Trinajstić information content (AvgIpc) is 2.10. The Kier molecular flexibility index (Phi) is 1.27. The number of nitrogens with zero attached hydrogens (tertiary/aromatic N) is 1. The van der Waals surface area contributed by atoms with Crippen LogP contribution in [0.3, 0.4) is 0 Å². The minimum atomic E-state index is 0.00806. The molecule has 1 unspecified atom stereocenters. The molecule has 10 heavy (non-hydrogen) atoms. The largest absolute Gasteiger partial charge is 0.363 e. The lowest BCUT2D eigenvalue weighted by Gasteiger charge is -2.45. The van der Waals surface area contributed by atoms with Crippen LogP contribution in [0.4, 0.5) is 0 Å². The normalized spacial score (nSPS) is 38.4. The minimum absolute atomic E-state index is 0.00806. The molecule has 1 atom stereocenters. The number of ether oxygens (including phenoxy) is 1. The number of hydrogen-bond acceptors (Lipinski definition) is 3. The molecule has 2 saturated heterocycles. The SMILES string of the molecule is CN1CC2(COC(N)C2)C1. The predicted molar refractivity (Wildman–Crippen MR) is 38.5 cm³/mol. The number of rotatable bonds is 0. The fourth-order valence-electron chi connectivity index (χ4n) is 2.15. The van der Waals surface area contributed by atoms with Crippen LogP contribution in [0.15, 0.2) is 0 Å². The van der Waals surface area contributed by atoms with Crippen molar-refractivity contribution >= 4 is 0 Å². The van der Waals surface area contributed by atoms with Crippen LogP contribution >= 0.6 is 0 Å². The van der Waals surface area contributed by atoms with Crippen LogP contribution in [0.5, 0.6) is 0 Å². The minimum Gasteiger partial charge on any atom is -0.363 e. The first-order valence-electron chi connectivity index (χ1n) is 3.76. The van der Waals surface area contributed by atoms with Crippen molar-refractivity contribution in [2.24, 2.45) is 11.1 Å². The molecule has 2 rings (SSSR count). The van der Waals surface area contributed by atoms with E-state index in [9.17, 15) is 0 Å². The molecule has 2 N–H and O–H groups in total. The fraction of sp³-hybridized carbons (Fsp3) is 1.00. The molecule has 0 aliphatic carbocycles. The van der Waals surface area contributed by atoms with Crippen LogP contribution in [-0.4, -0.2) is 37.9 Å². The monoisotopic (exact) mass is 142 g/mol. The quantitative estimate of drug-likeness (QED) is 0.501. The summed E-state index contributed by atoms with van der Waals surface area (Å²) >= 11 is 0. The molecule has 1 spiro atoms. The van der Waals surface area contributed by atoms with Gasteiger partial charge in [0.1, 0.15) is 6.23 Å². The molecule has 0 aromatic heterocycles. The molecule has 2 aliphatic rings. The van der Waals surface area contributed by atoms with Gasteiger partial charge in [-0.2, -0.15) is 0 Å². The molecule has 0 amide bonds. The van der Waals surface area contributed by atoms with Crippen molar-refractivity contribution in [1.82, 2.24) is 4.90 Å². The molecule has 0 aromatic rings. The first kappa shape index (κ1) is 6.58. The Balaban J connectivity index is 1.95. The van der Waals surface area contributed by atoms with Gasteiger partial charge in [-0.15, -0.1) is 0 Å². The molecule has 3 heteroatoms. The van der Waals surface area contributed by atoms with Crippen molar-refractivity contribution in [3.05, 3.63) is 0 Å². The van der Waals surface area contributed by atoms with Crippen LogP contribution in [0.25, 0.3) is 0 Å². The zero-order chi connectivity index (χ0) is 7.19. The standard InChI is InChI=1S/C7H14N2O/c1-9-3-7(4-9)2-6(8)10-5-7/h6H,2-5,8H2,1H3. The summed E-state index contributed by atoms with van der Waals surface area (Å²) in [6.45, 7) is 3.21. The summed E-state index contributed by atoms with van der Waals surface area (Å²) in [4.78, 5) is 2.31.